The molecule has 0 fully saturated rings. The summed E-state index contributed by atoms with van der Waals surface area (Å²) in [5.74, 6) is -1.13. The van der Waals surface area contributed by atoms with E-state index in [1.807, 2.05) is 34.0 Å². The molecule has 0 aliphatic heterocycles. The molecule has 0 saturated carbocycles. The standard InChI is InChI=1S/C64H86N2O4S5/c1-8-14-18-22-26-30-34-47-40-52(42-51(46-65)63(67)69-12-5)71-61(47)57-43-49(36-32-28-24-20-16-10-3)59(74-57)55-38-39-56(73-55)60-50(37-33-29-25-21-17-11-4)44-58(75-60)62-48(35-31-27-23-19-15-9-2)41-53(72-62)45-54(66-7)64(68)70-13-6/h38-45H,8-37H2,1-6H3/b51-42+,54-45-. The fourth-order valence-electron chi connectivity index (χ4n) is 9.63. The summed E-state index contributed by atoms with van der Waals surface area (Å²) in [7, 11) is 0. The molecule has 5 aromatic heterocycles. The van der Waals surface area contributed by atoms with Crippen molar-refractivity contribution in [2.45, 2.75) is 221 Å². The van der Waals surface area contributed by atoms with Crippen LogP contribution in [0, 0.1) is 17.9 Å². The fourth-order valence-corrected chi connectivity index (χ4v) is 15.9. The van der Waals surface area contributed by atoms with Gasteiger partial charge in [0.25, 0.3) is 5.70 Å². The third-order valence-corrected chi connectivity index (χ3v) is 20.2. The van der Waals surface area contributed by atoms with Crippen LogP contribution in [0.25, 0.3) is 56.0 Å². The first-order valence-corrected chi connectivity index (χ1v) is 33.0. The number of unbranched alkanes of at least 4 members (excludes halogenated alkanes) is 20. The highest BCUT2D eigenvalue weighted by Gasteiger charge is 2.23. The van der Waals surface area contributed by atoms with Crippen molar-refractivity contribution in [2.75, 3.05) is 13.2 Å². The molecule has 5 heterocycles. The quantitative estimate of drug-likeness (QED) is 0.0129. The van der Waals surface area contributed by atoms with Gasteiger partial charge in [-0.1, -0.05) is 156 Å². The van der Waals surface area contributed by atoms with Gasteiger partial charge in [-0.3, -0.25) is 4.79 Å². The van der Waals surface area contributed by atoms with Crippen LogP contribution >= 0.6 is 56.7 Å². The molecule has 5 rings (SSSR count). The summed E-state index contributed by atoms with van der Waals surface area (Å²) in [6.45, 7) is 20.9. The molecular formula is C64H86N2O4S5. The Kier molecular flexibility index (Phi) is 29.1. The van der Waals surface area contributed by atoms with Crippen LogP contribution in [0.2, 0.25) is 0 Å². The summed E-state index contributed by atoms with van der Waals surface area (Å²) < 4.78 is 10.5. The maximum atomic E-state index is 12.8. The van der Waals surface area contributed by atoms with Crippen molar-refractivity contribution in [1.29, 1.82) is 5.26 Å². The number of carbonyl (C=O) groups is 2. The van der Waals surface area contributed by atoms with Crippen molar-refractivity contribution in [2.24, 2.45) is 0 Å². The molecule has 6 nitrogen and oxygen atoms in total. The number of thiophene rings is 5. The van der Waals surface area contributed by atoms with Gasteiger partial charge in [0, 0.05) is 48.8 Å². The van der Waals surface area contributed by atoms with Crippen molar-refractivity contribution in [3.05, 3.63) is 91.1 Å². The Hall–Kier alpha value is -4.10. The molecule has 0 N–H and O–H groups in total. The zero-order valence-electron chi connectivity index (χ0n) is 46.4. The van der Waals surface area contributed by atoms with E-state index in [-0.39, 0.29) is 24.5 Å². The van der Waals surface area contributed by atoms with E-state index in [1.165, 1.54) is 190 Å². The van der Waals surface area contributed by atoms with Crippen LogP contribution in [0.1, 0.15) is 228 Å². The number of nitrogens with zero attached hydrogens (tertiary/aromatic N) is 2. The summed E-state index contributed by atoms with van der Waals surface area (Å²) in [6.07, 6.45) is 37.1. The Morgan fingerprint density at radius 1 is 0.467 bits per heavy atom. The minimum absolute atomic E-state index is 0.0256. The first-order chi connectivity index (χ1) is 36.7. The van der Waals surface area contributed by atoms with E-state index in [9.17, 15) is 14.9 Å². The van der Waals surface area contributed by atoms with Crippen molar-refractivity contribution in [3.8, 4) is 45.1 Å². The number of nitriles is 1. The Balaban J connectivity index is 1.58. The van der Waals surface area contributed by atoms with E-state index < -0.39 is 11.9 Å². The van der Waals surface area contributed by atoms with Crippen LogP contribution in [0.5, 0.6) is 0 Å². The Morgan fingerprint density at radius 2 is 0.813 bits per heavy atom. The molecular weight excluding hydrogens is 1020 g/mol. The van der Waals surface area contributed by atoms with Crippen molar-refractivity contribution < 1.29 is 19.1 Å². The van der Waals surface area contributed by atoms with Gasteiger partial charge in [0.15, 0.2) is 0 Å². The predicted octanol–water partition coefficient (Wildman–Crippen LogP) is 21.6. The molecule has 11 heteroatoms. The molecule has 0 atom stereocenters. The average molecular weight is 1110 g/mol. The minimum atomic E-state index is -0.569. The molecule has 0 spiro atoms. The van der Waals surface area contributed by atoms with E-state index in [2.05, 4.69) is 75.0 Å². The summed E-state index contributed by atoms with van der Waals surface area (Å²) in [4.78, 5) is 41.4. The second-order valence-corrected chi connectivity index (χ2v) is 25.3. The van der Waals surface area contributed by atoms with E-state index in [1.54, 1.807) is 48.7 Å². The van der Waals surface area contributed by atoms with E-state index >= 15 is 0 Å². The highest BCUT2D eigenvalue weighted by molar-refractivity contribution is 7.30. The average Bonchev–Trinajstić information content (AvgIpc) is 4.28. The van der Waals surface area contributed by atoms with Crippen LogP contribution in [0.4, 0.5) is 0 Å². The first-order valence-electron chi connectivity index (χ1n) is 28.9. The molecule has 5 aromatic rings. The second-order valence-electron chi connectivity index (χ2n) is 19.9. The SMILES string of the molecule is [C-]#[N+]/C(=C\c1cc(CCCCCCCC)c(-c2cc(CCCCCCCC)c(-c3ccc(-c4sc(-c5sc(/C=C(\C#N)C(=O)OCC)cc5CCCCCCCC)cc4CCCCCCCC)s3)s2)s1)C(=O)OCC. The van der Waals surface area contributed by atoms with Gasteiger partial charge in [-0.05, 0) is 136 Å². The third-order valence-electron chi connectivity index (χ3n) is 13.8. The number of ether oxygens (including phenoxy) is 2. The molecule has 0 amide bonds. The van der Waals surface area contributed by atoms with E-state index in [4.69, 9.17) is 16.0 Å². The molecule has 0 aliphatic carbocycles. The number of aryl methyl sites for hydroxylation is 4. The number of esters is 2. The van der Waals surface area contributed by atoms with Gasteiger partial charge >= 0.3 is 11.9 Å². The summed E-state index contributed by atoms with van der Waals surface area (Å²) in [5, 5.41) is 9.99. The largest absolute Gasteiger partial charge is 0.471 e. The lowest BCUT2D eigenvalue weighted by molar-refractivity contribution is -0.138. The summed E-state index contributed by atoms with van der Waals surface area (Å²) in [5.41, 5.74) is 5.50. The lowest BCUT2D eigenvalue weighted by Crippen LogP contribution is -2.05. The lowest BCUT2D eigenvalue weighted by Gasteiger charge is -2.04. The predicted molar refractivity (Wildman–Crippen MR) is 327 cm³/mol. The summed E-state index contributed by atoms with van der Waals surface area (Å²) in [6, 6.07) is 16.2. The molecule has 0 aromatic carbocycles. The topological polar surface area (TPSA) is 80.8 Å². The molecule has 75 heavy (non-hydrogen) atoms. The van der Waals surface area contributed by atoms with Gasteiger partial charge in [0.05, 0.1) is 19.8 Å². The van der Waals surface area contributed by atoms with Gasteiger partial charge in [-0.2, -0.15) is 5.26 Å². The first kappa shape index (κ1) is 61.7. The van der Waals surface area contributed by atoms with Gasteiger partial charge in [-0.25, -0.2) is 9.64 Å². The Bertz CT molecular complexity index is 2460. The van der Waals surface area contributed by atoms with Crippen molar-refractivity contribution in [1.82, 2.24) is 0 Å². The van der Waals surface area contributed by atoms with Crippen LogP contribution in [0.3, 0.4) is 0 Å². The van der Waals surface area contributed by atoms with Gasteiger partial charge in [-0.15, -0.1) is 56.7 Å². The molecule has 0 bridgehead atoms. The molecule has 0 radical (unpaired) electrons. The van der Waals surface area contributed by atoms with Crippen molar-refractivity contribution >= 4 is 80.8 Å². The van der Waals surface area contributed by atoms with Gasteiger partial charge < -0.3 is 9.47 Å². The Labute approximate surface area is 472 Å². The molecule has 406 valence electrons. The summed E-state index contributed by atoms with van der Waals surface area (Å²) >= 11 is 9.15. The molecule has 0 saturated heterocycles. The van der Waals surface area contributed by atoms with Crippen LogP contribution in [-0.2, 0) is 44.7 Å². The van der Waals surface area contributed by atoms with Crippen LogP contribution in [0.15, 0.2) is 47.7 Å². The number of carbonyl (C=O) groups excluding carboxylic acids is 2. The van der Waals surface area contributed by atoms with Crippen LogP contribution < -0.4 is 0 Å². The van der Waals surface area contributed by atoms with E-state index in [0.717, 1.165) is 61.1 Å². The number of hydrogen-bond donors (Lipinski definition) is 0. The number of hydrogen-bond acceptors (Lipinski definition) is 10. The van der Waals surface area contributed by atoms with Crippen LogP contribution in [-0.4, -0.2) is 25.2 Å². The maximum Gasteiger partial charge on any atom is 0.348 e. The van der Waals surface area contributed by atoms with Gasteiger partial charge in [0.2, 0.25) is 0 Å². The third kappa shape index (κ3) is 20.0. The smallest absolute Gasteiger partial charge is 0.348 e. The highest BCUT2D eigenvalue weighted by Crippen LogP contribution is 2.50. The Morgan fingerprint density at radius 3 is 1.19 bits per heavy atom. The highest BCUT2D eigenvalue weighted by atomic mass is 32.1. The second kappa shape index (κ2) is 35.3. The zero-order chi connectivity index (χ0) is 53.6. The zero-order valence-corrected chi connectivity index (χ0v) is 50.5. The minimum Gasteiger partial charge on any atom is -0.471 e. The number of rotatable bonds is 38. The van der Waals surface area contributed by atoms with Crippen molar-refractivity contribution in [3.63, 3.8) is 0 Å². The van der Waals surface area contributed by atoms with Gasteiger partial charge in [0.1, 0.15) is 11.6 Å². The maximum absolute atomic E-state index is 12.8. The molecule has 0 unspecified atom stereocenters. The molecule has 0 aliphatic rings. The normalized spacial score (nSPS) is 11.8. The van der Waals surface area contributed by atoms with E-state index in [0.29, 0.717) is 0 Å². The lowest BCUT2D eigenvalue weighted by atomic mass is 10.0. The fraction of sp³-hybridized carbons (Fsp3) is 0.562. The monoisotopic (exact) mass is 1110 g/mol.